The molecule has 0 aliphatic rings. The van der Waals surface area contributed by atoms with Gasteiger partial charge in [0.05, 0.1) is 5.69 Å². The fourth-order valence-corrected chi connectivity index (χ4v) is 0.672. The van der Waals surface area contributed by atoms with Crippen molar-refractivity contribution in [1.29, 1.82) is 0 Å². The SMILES string of the molecule is O=C(O)C/N=N/c1ccccc1. The van der Waals surface area contributed by atoms with E-state index in [0.717, 1.165) is 0 Å². The van der Waals surface area contributed by atoms with Crippen LogP contribution in [0.15, 0.2) is 40.6 Å². The van der Waals surface area contributed by atoms with E-state index in [0.29, 0.717) is 5.69 Å². The van der Waals surface area contributed by atoms with Crippen molar-refractivity contribution < 1.29 is 9.90 Å². The van der Waals surface area contributed by atoms with E-state index in [2.05, 4.69) is 10.2 Å². The van der Waals surface area contributed by atoms with E-state index < -0.39 is 5.97 Å². The number of carboxylic acids is 1. The molecule has 4 nitrogen and oxygen atoms in total. The number of rotatable bonds is 3. The molecule has 0 saturated heterocycles. The van der Waals surface area contributed by atoms with Crippen molar-refractivity contribution in [1.82, 2.24) is 0 Å². The van der Waals surface area contributed by atoms with Crippen molar-refractivity contribution in [3.63, 3.8) is 0 Å². The number of hydrogen-bond donors (Lipinski definition) is 1. The summed E-state index contributed by atoms with van der Waals surface area (Å²) >= 11 is 0. The molecule has 0 aliphatic heterocycles. The number of azo groups is 1. The van der Waals surface area contributed by atoms with E-state index >= 15 is 0 Å². The normalized spacial score (nSPS) is 10.3. The number of hydrogen-bond acceptors (Lipinski definition) is 3. The monoisotopic (exact) mass is 164 g/mol. The highest BCUT2D eigenvalue weighted by Crippen LogP contribution is 2.09. The molecule has 0 amide bonds. The van der Waals surface area contributed by atoms with Crippen LogP contribution in [0.1, 0.15) is 0 Å². The van der Waals surface area contributed by atoms with E-state index in [1.54, 1.807) is 12.1 Å². The third-order valence-electron chi connectivity index (χ3n) is 1.15. The van der Waals surface area contributed by atoms with Gasteiger partial charge in [-0.1, -0.05) is 18.2 Å². The number of aliphatic carboxylic acids is 1. The predicted octanol–water partition coefficient (Wildman–Crippen LogP) is 1.85. The quantitative estimate of drug-likeness (QED) is 0.693. The van der Waals surface area contributed by atoms with Gasteiger partial charge in [-0.15, -0.1) is 0 Å². The van der Waals surface area contributed by atoms with Crippen molar-refractivity contribution in [2.75, 3.05) is 6.54 Å². The van der Waals surface area contributed by atoms with Crippen LogP contribution in [0.4, 0.5) is 5.69 Å². The van der Waals surface area contributed by atoms with E-state index in [4.69, 9.17) is 5.11 Å². The van der Waals surface area contributed by atoms with Crippen LogP contribution in [0, 0.1) is 0 Å². The molecule has 0 atom stereocenters. The standard InChI is InChI=1S/C8H8N2O2/c11-8(12)6-9-10-7-4-2-1-3-5-7/h1-5H,6H2,(H,11,12)/b10-9+. The Morgan fingerprint density at radius 1 is 1.33 bits per heavy atom. The minimum Gasteiger partial charge on any atom is -0.480 e. The lowest BCUT2D eigenvalue weighted by molar-refractivity contribution is -0.135. The second-order valence-corrected chi connectivity index (χ2v) is 2.13. The molecule has 1 aromatic carbocycles. The maximum absolute atomic E-state index is 10.0. The van der Waals surface area contributed by atoms with Crippen LogP contribution in [-0.2, 0) is 4.79 Å². The second-order valence-electron chi connectivity index (χ2n) is 2.13. The Balaban J connectivity index is 2.52. The zero-order valence-corrected chi connectivity index (χ0v) is 6.34. The van der Waals surface area contributed by atoms with Crippen LogP contribution < -0.4 is 0 Å². The van der Waals surface area contributed by atoms with Gasteiger partial charge in [-0.25, -0.2) is 0 Å². The fraction of sp³-hybridized carbons (Fsp3) is 0.125. The Morgan fingerprint density at radius 2 is 2.00 bits per heavy atom. The van der Waals surface area contributed by atoms with Gasteiger partial charge >= 0.3 is 5.97 Å². The fourth-order valence-electron chi connectivity index (χ4n) is 0.672. The van der Waals surface area contributed by atoms with E-state index in [-0.39, 0.29) is 6.54 Å². The molecule has 0 aromatic heterocycles. The summed E-state index contributed by atoms with van der Waals surface area (Å²) in [6.45, 7) is -0.283. The molecule has 0 heterocycles. The number of nitrogens with zero attached hydrogens (tertiary/aromatic N) is 2. The first kappa shape index (κ1) is 8.39. The Bertz CT molecular complexity index is 282. The molecule has 1 N–H and O–H groups in total. The Morgan fingerprint density at radius 3 is 2.58 bits per heavy atom. The molecule has 0 radical (unpaired) electrons. The average molecular weight is 164 g/mol. The van der Waals surface area contributed by atoms with Crippen LogP contribution in [-0.4, -0.2) is 17.6 Å². The van der Waals surface area contributed by atoms with Crippen molar-refractivity contribution in [2.24, 2.45) is 10.2 Å². The maximum atomic E-state index is 10.0. The molecular formula is C8H8N2O2. The smallest absolute Gasteiger partial charge is 0.327 e. The molecule has 1 rings (SSSR count). The first-order chi connectivity index (χ1) is 5.79. The first-order valence-electron chi connectivity index (χ1n) is 3.43. The van der Waals surface area contributed by atoms with Gasteiger partial charge in [-0.2, -0.15) is 10.2 Å². The van der Waals surface area contributed by atoms with Gasteiger partial charge in [-0.05, 0) is 12.1 Å². The van der Waals surface area contributed by atoms with Crippen LogP contribution in [0.3, 0.4) is 0 Å². The summed E-state index contributed by atoms with van der Waals surface area (Å²) in [7, 11) is 0. The molecule has 0 spiro atoms. The van der Waals surface area contributed by atoms with Crippen LogP contribution in [0.25, 0.3) is 0 Å². The summed E-state index contributed by atoms with van der Waals surface area (Å²) in [5, 5.41) is 15.4. The lowest BCUT2D eigenvalue weighted by Crippen LogP contribution is -1.97. The molecule has 1 aromatic rings. The lowest BCUT2D eigenvalue weighted by Gasteiger charge is -1.88. The van der Waals surface area contributed by atoms with Crippen molar-refractivity contribution in [3.8, 4) is 0 Å². The van der Waals surface area contributed by atoms with Gasteiger partial charge in [0.25, 0.3) is 0 Å². The highest BCUT2D eigenvalue weighted by molar-refractivity contribution is 5.69. The Hall–Kier alpha value is -1.71. The highest BCUT2D eigenvalue weighted by atomic mass is 16.4. The maximum Gasteiger partial charge on any atom is 0.327 e. The van der Waals surface area contributed by atoms with Crippen molar-refractivity contribution in [3.05, 3.63) is 30.3 Å². The zero-order valence-electron chi connectivity index (χ0n) is 6.34. The highest BCUT2D eigenvalue weighted by Gasteiger charge is 1.91. The number of carbonyl (C=O) groups is 1. The third-order valence-corrected chi connectivity index (χ3v) is 1.15. The minimum atomic E-state index is -0.977. The van der Waals surface area contributed by atoms with Gasteiger partial charge in [0.2, 0.25) is 0 Å². The van der Waals surface area contributed by atoms with E-state index in [9.17, 15) is 4.79 Å². The predicted molar refractivity (Wildman–Crippen MR) is 43.5 cm³/mol. The van der Waals surface area contributed by atoms with E-state index in [1.165, 1.54) is 0 Å². The molecule has 0 aliphatic carbocycles. The van der Waals surface area contributed by atoms with Crippen LogP contribution >= 0.6 is 0 Å². The summed E-state index contributed by atoms with van der Waals surface area (Å²) in [6.07, 6.45) is 0. The third kappa shape index (κ3) is 2.92. The summed E-state index contributed by atoms with van der Waals surface area (Å²) in [4.78, 5) is 10.0. The molecule has 62 valence electrons. The lowest BCUT2D eigenvalue weighted by atomic mass is 10.3. The first-order valence-corrected chi connectivity index (χ1v) is 3.43. The second kappa shape index (κ2) is 4.23. The summed E-state index contributed by atoms with van der Waals surface area (Å²) in [5.74, 6) is -0.977. The van der Waals surface area contributed by atoms with Crippen molar-refractivity contribution >= 4 is 11.7 Å². The molecular weight excluding hydrogens is 156 g/mol. The number of carboxylic acid groups (broad SMARTS) is 1. The molecule has 0 saturated carbocycles. The van der Waals surface area contributed by atoms with Crippen molar-refractivity contribution in [2.45, 2.75) is 0 Å². The minimum absolute atomic E-state index is 0.283. The van der Waals surface area contributed by atoms with Crippen LogP contribution in [0.2, 0.25) is 0 Å². The summed E-state index contributed by atoms with van der Waals surface area (Å²) < 4.78 is 0. The van der Waals surface area contributed by atoms with E-state index in [1.807, 2.05) is 18.2 Å². The Labute approximate surface area is 69.6 Å². The van der Waals surface area contributed by atoms with Gasteiger partial charge in [-0.3, -0.25) is 4.79 Å². The molecule has 4 heteroatoms. The molecule has 0 unspecified atom stereocenters. The Kier molecular flexibility index (Phi) is 2.95. The number of benzene rings is 1. The van der Waals surface area contributed by atoms with Crippen LogP contribution in [0.5, 0.6) is 0 Å². The van der Waals surface area contributed by atoms with Gasteiger partial charge in [0, 0.05) is 0 Å². The molecule has 0 fully saturated rings. The largest absolute Gasteiger partial charge is 0.480 e. The van der Waals surface area contributed by atoms with Gasteiger partial charge < -0.3 is 5.11 Å². The molecule has 0 bridgehead atoms. The zero-order chi connectivity index (χ0) is 8.81. The topological polar surface area (TPSA) is 62.0 Å². The molecule has 12 heavy (non-hydrogen) atoms. The summed E-state index contributed by atoms with van der Waals surface area (Å²) in [6, 6.07) is 9.00. The van der Waals surface area contributed by atoms with Gasteiger partial charge in [0.15, 0.2) is 6.54 Å². The summed E-state index contributed by atoms with van der Waals surface area (Å²) in [5.41, 5.74) is 0.666. The van der Waals surface area contributed by atoms with Gasteiger partial charge in [0.1, 0.15) is 0 Å². The average Bonchev–Trinajstić information content (AvgIpc) is 2.05.